The van der Waals surface area contributed by atoms with E-state index < -0.39 is 0 Å². The largest absolute Gasteiger partial charge is 0.489 e. The molecule has 0 bridgehead atoms. The zero-order chi connectivity index (χ0) is 12.7. The smallest absolute Gasteiger partial charge is 0.122 e. The Morgan fingerprint density at radius 2 is 1.88 bits per heavy atom. The van der Waals surface area contributed by atoms with Crippen molar-refractivity contribution in [1.29, 1.82) is 0 Å². The van der Waals surface area contributed by atoms with E-state index in [1.807, 2.05) is 12.1 Å². The average molecular weight is 235 g/mol. The van der Waals surface area contributed by atoms with Crippen LogP contribution in [0.15, 0.2) is 24.3 Å². The van der Waals surface area contributed by atoms with E-state index in [1.165, 1.54) is 5.56 Å². The molecule has 0 heterocycles. The summed E-state index contributed by atoms with van der Waals surface area (Å²) in [6, 6.07) is 8.37. The molecular formula is C15H25NO. The van der Waals surface area contributed by atoms with Crippen molar-refractivity contribution in [2.24, 2.45) is 5.73 Å². The van der Waals surface area contributed by atoms with Crippen LogP contribution in [0.3, 0.4) is 0 Å². The van der Waals surface area contributed by atoms with Crippen molar-refractivity contribution in [2.45, 2.75) is 58.6 Å². The van der Waals surface area contributed by atoms with Crippen LogP contribution >= 0.6 is 0 Å². The van der Waals surface area contributed by atoms with Gasteiger partial charge in [0, 0.05) is 6.04 Å². The normalized spacial score (nSPS) is 14.4. The minimum Gasteiger partial charge on any atom is -0.489 e. The van der Waals surface area contributed by atoms with Gasteiger partial charge in [-0.3, -0.25) is 0 Å². The van der Waals surface area contributed by atoms with Gasteiger partial charge in [0.2, 0.25) is 0 Å². The molecule has 0 aliphatic rings. The first-order chi connectivity index (χ1) is 8.22. The highest BCUT2D eigenvalue weighted by molar-refractivity contribution is 5.33. The molecule has 0 aliphatic carbocycles. The standard InChI is InChI=1S/C15H25NO/c1-4-9-13(16)14(6-3)17-15-11-8-7-10-12(15)5-2/h7-8,10-11,13-14H,4-6,9,16H2,1-3H3. The van der Waals surface area contributed by atoms with E-state index in [9.17, 15) is 0 Å². The van der Waals surface area contributed by atoms with Gasteiger partial charge in [0.05, 0.1) is 0 Å². The summed E-state index contributed by atoms with van der Waals surface area (Å²) in [6.45, 7) is 6.44. The van der Waals surface area contributed by atoms with Gasteiger partial charge in [0.15, 0.2) is 0 Å². The van der Waals surface area contributed by atoms with E-state index in [0.29, 0.717) is 0 Å². The number of rotatable bonds is 7. The number of benzene rings is 1. The van der Waals surface area contributed by atoms with Gasteiger partial charge in [-0.2, -0.15) is 0 Å². The molecule has 2 heteroatoms. The van der Waals surface area contributed by atoms with Gasteiger partial charge < -0.3 is 10.5 Å². The lowest BCUT2D eigenvalue weighted by Gasteiger charge is -2.24. The van der Waals surface area contributed by atoms with Crippen molar-refractivity contribution in [2.75, 3.05) is 0 Å². The number of aryl methyl sites for hydroxylation is 1. The molecule has 1 aromatic carbocycles. The molecule has 0 radical (unpaired) electrons. The maximum absolute atomic E-state index is 6.15. The summed E-state index contributed by atoms with van der Waals surface area (Å²) in [4.78, 5) is 0. The summed E-state index contributed by atoms with van der Waals surface area (Å²) in [5, 5.41) is 0. The average Bonchev–Trinajstić information content (AvgIpc) is 2.36. The molecule has 2 atom stereocenters. The monoisotopic (exact) mass is 235 g/mol. The molecule has 0 spiro atoms. The van der Waals surface area contributed by atoms with Crippen LogP contribution in [0.25, 0.3) is 0 Å². The molecule has 2 nitrogen and oxygen atoms in total. The summed E-state index contributed by atoms with van der Waals surface area (Å²) in [5.74, 6) is 0.994. The van der Waals surface area contributed by atoms with Crippen LogP contribution in [0.1, 0.15) is 45.6 Å². The minimum atomic E-state index is 0.127. The molecule has 0 amide bonds. The van der Waals surface area contributed by atoms with Gasteiger partial charge >= 0.3 is 0 Å². The molecule has 1 rings (SSSR count). The van der Waals surface area contributed by atoms with Crippen molar-refractivity contribution < 1.29 is 4.74 Å². The Hall–Kier alpha value is -1.02. The Labute approximate surface area is 105 Å². The Kier molecular flexibility index (Phi) is 6.06. The highest BCUT2D eigenvalue weighted by atomic mass is 16.5. The second kappa shape index (κ2) is 7.33. The van der Waals surface area contributed by atoms with E-state index in [-0.39, 0.29) is 12.1 Å². The Morgan fingerprint density at radius 3 is 2.47 bits per heavy atom. The van der Waals surface area contributed by atoms with Gasteiger partial charge in [-0.25, -0.2) is 0 Å². The van der Waals surface area contributed by atoms with Crippen LogP contribution < -0.4 is 10.5 Å². The van der Waals surface area contributed by atoms with Crippen LogP contribution in [0.4, 0.5) is 0 Å². The number of hydrogen-bond donors (Lipinski definition) is 1. The zero-order valence-electron chi connectivity index (χ0n) is 11.3. The molecule has 17 heavy (non-hydrogen) atoms. The Bertz CT molecular complexity index is 324. The highest BCUT2D eigenvalue weighted by Gasteiger charge is 2.17. The van der Waals surface area contributed by atoms with Crippen LogP contribution in [-0.4, -0.2) is 12.1 Å². The molecule has 96 valence electrons. The molecule has 0 fully saturated rings. The summed E-state index contributed by atoms with van der Waals surface area (Å²) < 4.78 is 6.08. The van der Waals surface area contributed by atoms with E-state index in [4.69, 9.17) is 10.5 Å². The lowest BCUT2D eigenvalue weighted by molar-refractivity contribution is 0.160. The number of para-hydroxylation sites is 1. The van der Waals surface area contributed by atoms with Gasteiger partial charge in [-0.05, 0) is 30.9 Å². The SMILES string of the molecule is CCCC(N)C(CC)Oc1ccccc1CC. The zero-order valence-corrected chi connectivity index (χ0v) is 11.3. The molecule has 0 saturated heterocycles. The third-order valence-electron chi connectivity index (χ3n) is 3.13. The topological polar surface area (TPSA) is 35.2 Å². The van der Waals surface area contributed by atoms with Crippen molar-refractivity contribution in [3.63, 3.8) is 0 Å². The van der Waals surface area contributed by atoms with Crippen molar-refractivity contribution >= 4 is 0 Å². The van der Waals surface area contributed by atoms with Gasteiger partial charge in [0.25, 0.3) is 0 Å². The molecule has 2 N–H and O–H groups in total. The Morgan fingerprint density at radius 1 is 1.18 bits per heavy atom. The maximum atomic E-state index is 6.15. The molecule has 0 saturated carbocycles. The fraction of sp³-hybridized carbons (Fsp3) is 0.600. The quantitative estimate of drug-likeness (QED) is 0.784. The third kappa shape index (κ3) is 4.04. The van der Waals surface area contributed by atoms with Gasteiger partial charge in [-0.15, -0.1) is 0 Å². The molecule has 1 aromatic rings. The second-order valence-corrected chi connectivity index (χ2v) is 4.48. The van der Waals surface area contributed by atoms with Crippen LogP contribution in [0, 0.1) is 0 Å². The van der Waals surface area contributed by atoms with E-state index in [1.54, 1.807) is 0 Å². The van der Waals surface area contributed by atoms with Crippen LogP contribution in [-0.2, 0) is 6.42 Å². The van der Waals surface area contributed by atoms with Crippen LogP contribution in [0.2, 0.25) is 0 Å². The lowest BCUT2D eigenvalue weighted by atomic mass is 10.0. The summed E-state index contributed by atoms with van der Waals surface area (Å²) in [6.07, 6.45) is 4.21. The summed E-state index contributed by atoms with van der Waals surface area (Å²) in [7, 11) is 0. The minimum absolute atomic E-state index is 0.127. The van der Waals surface area contributed by atoms with E-state index >= 15 is 0 Å². The van der Waals surface area contributed by atoms with Gasteiger partial charge in [-0.1, -0.05) is 45.4 Å². The first-order valence-corrected chi connectivity index (χ1v) is 6.73. The van der Waals surface area contributed by atoms with E-state index in [2.05, 4.69) is 32.9 Å². The van der Waals surface area contributed by atoms with Gasteiger partial charge in [0.1, 0.15) is 11.9 Å². The number of hydrogen-bond acceptors (Lipinski definition) is 2. The second-order valence-electron chi connectivity index (χ2n) is 4.48. The van der Waals surface area contributed by atoms with Crippen molar-refractivity contribution in [1.82, 2.24) is 0 Å². The van der Waals surface area contributed by atoms with Crippen molar-refractivity contribution in [3.05, 3.63) is 29.8 Å². The van der Waals surface area contributed by atoms with Crippen molar-refractivity contribution in [3.8, 4) is 5.75 Å². The highest BCUT2D eigenvalue weighted by Crippen LogP contribution is 2.22. The number of nitrogens with two attached hydrogens (primary N) is 1. The predicted molar refractivity (Wildman–Crippen MR) is 73.4 cm³/mol. The predicted octanol–water partition coefficient (Wildman–Crippen LogP) is 3.53. The van der Waals surface area contributed by atoms with E-state index in [0.717, 1.165) is 31.4 Å². The molecule has 0 aromatic heterocycles. The van der Waals surface area contributed by atoms with Crippen LogP contribution in [0.5, 0.6) is 5.75 Å². The first-order valence-electron chi connectivity index (χ1n) is 6.73. The fourth-order valence-electron chi connectivity index (χ4n) is 2.07. The lowest BCUT2D eigenvalue weighted by Crippen LogP contribution is -2.38. The Balaban J connectivity index is 2.73. The summed E-state index contributed by atoms with van der Waals surface area (Å²) in [5.41, 5.74) is 7.41. The maximum Gasteiger partial charge on any atom is 0.122 e. The summed E-state index contributed by atoms with van der Waals surface area (Å²) >= 11 is 0. The molecular weight excluding hydrogens is 210 g/mol. The molecule has 0 aliphatic heterocycles. The first kappa shape index (κ1) is 14.0. The fourth-order valence-corrected chi connectivity index (χ4v) is 2.07. The third-order valence-corrected chi connectivity index (χ3v) is 3.13. The molecule has 2 unspecified atom stereocenters. The number of ether oxygens (including phenoxy) is 1.